The van der Waals surface area contributed by atoms with Crippen molar-refractivity contribution in [1.82, 2.24) is 4.90 Å². The van der Waals surface area contributed by atoms with Crippen LogP contribution in [0.25, 0.3) is 0 Å². The maximum Gasteiger partial charge on any atom is 0.116 e. The first-order valence-electron chi connectivity index (χ1n) is 4.40. The van der Waals surface area contributed by atoms with Gasteiger partial charge >= 0.3 is 0 Å². The Kier molecular flexibility index (Phi) is 3.07. The molecular formula is C9H16N2O. The summed E-state index contributed by atoms with van der Waals surface area (Å²) in [4.78, 5) is 2.20. The molecule has 0 N–H and O–H groups in total. The molecule has 0 spiro atoms. The topological polar surface area (TPSA) is 36.3 Å². The highest BCUT2D eigenvalue weighted by Crippen LogP contribution is 2.26. The normalized spacial score (nSPS) is 20.2. The first-order valence-corrected chi connectivity index (χ1v) is 4.40. The van der Waals surface area contributed by atoms with Crippen molar-refractivity contribution in [2.24, 2.45) is 5.41 Å². The summed E-state index contributed by atoms with van der Waals surface area (Å²) < 4.78 is 5.06. The summed E-state index contributed by atoms with van der Waals surface area (Å²) in [6.45, 7) is 5.27. The quantitative estimate of drug-likeness (QED) is 0.625. The number of hydrogen-bond donors (Lipinski definition) is 0. The van der Waals surface area contributed by atoms with Crippen LogP contribution in [0.2, 0.25) is 0 Å². The minimum Gasteiger partial charge on any atom is -0.378 e. The Balaban J connectivity index is 2.33. The zero-order chi connectivity index (χ0) is 9.03. The molecule has 68 valence electrons. The second-order valence-electron chi connectivity index (χ2n) is 3.62. The van der Waals surface area contributed by atoms with E-state index in [0.717, 1.165) is 19.5 Å². The first kappa shape index (κ1) is 9.50. The highest BCUT2D eigenvalue weighted by molar-refractivity contribution is 5.05. The van der Waals surface area contributed by atoms with E-state index in [2.05, 4.69) is 24.9 Å². The third kappa shape index (κ3) is 1.96. The third-order valence-electron chi connectivity index (χ3n) is 2.17. The van der Waals surface area contributed by atoms with Crippen LogP contribution >= 0.6 is 0 Å². The summed E-state index contributed by atoms with van der Waals surface area (Å²) in [5.41, 5.74) is -0.204. The zero-order valence-electron chi connectivity index (χ0n) is 7.84. The molecular weight excluding hydrogens is 152 g/mol. The molecule has 3 nitrogen and oxygen atoms in total. The molecule has 1 heterocycles. The molecule has 0 unspecified atom stereocenters. The number of hydrogen-bond acceptors (Lipinski definition) is 3. The Morgan fingerprint density at radius 1 is 1.58 bits per heavy atom. The molecule has 0 aromatic rings. The van der Waals surface area contributed by atoms with Crippen LogP contribution in [0.15, 0.2) is 0 Å². The van der Waals surface area contributed by atoms with Gasteiger partial charge in [-0.25, -0.2) is 0 Å². The van der Waals surface area contributed by atoms with Crippen LogP contribution < -0.4 is 0 Å². The molecule has 3 heteroatoms. The fourth-order valence-electron chi connectivity index (χ4n) is 1.52. The molecule has 0 saturated carbocycles. The number of rotatable bonds is 4. The first-order chi connectivity index (χ1) is 5.72. The van der Waals surface area contributed by atoms with E-state index in [1.165, 1.54) is 0 Å². The smallest absolute Gasteiger partial charge is 0.116 e. The maximum atomic E-state index is 8.90. The fraction of sp³-hybridized carbons (Fsp3) is 0.889. The van der Waals surface area contributed by atoms with Crippen molar-refractivity contribution in [2.45, 2.75) is 13.3 Å². The predicted molar refractivity (Wildman–Crippen MR) is 46.7 cm³/mol. The lowest BCUT2D eigenvalue weighted by Crippen LogP contribution is -2.49. The Morgan fingerprint density at radius 3 is 2.58 bits per heavy atom. The average molecular weight is 168 g/mol. The van der Waals surface area contributed by atoms with E-state index in [1.54, 1.807) is 0 Å². The van der Waals surface area contributed by atoms with Gasteiger partial charge < -0.3 is 9.64 Å². The summed E-state index contributed by atoms with van der Waals surface area (Å²) in [5.74, 6) is 0. The largest absolute Gasteiger partial charge is 0.378 e. The molecule has 0 amide bonds. The lowest BCUT2D eigenvalue weighted by molar-refractivity contribution is -0.0887. The average Bonchev–Trinajstić information content (AvgIpc) is 1.97. The lowest BCUT2D eigenvalue weighted by atomic mass is 9.87. The molecule has 12 heavy (non-hydrogen) atoms. The van der Waals surface area contributed by atoms with Crippen molar-refractivity contribution in [3.05, 3.63) is 0 Å². The SMILES string of the molecule is CCCN(C)CC1(C#N)COC1. The van der Waals surface area contributed by atoms with Crippen LogP contribution in [0.5, 0.6) is 0 Å². The number of nitriles is 1. The molecule has 0 aromatic heterocycles. The van der Waals surface area contributed by atoms with Crippen molar-refractivity contribution < 1.29 is 4.74 Å². The summed E-state index contributed by atoms with van der Waals surface area (Å²) in [5, 5.41) is 8.90. The van der Waals surface area contributed by atoms with Crippen LogP contribution in [0, 0.1) is 16.7 Å². The second kappa shape index (κ2) is 3.88. The Morgan fingerprint density at radius 2 is 2.25 bits per heavy atom. The van der Waals surface area contributed by atoms with Crippen LogP contribution in [-0.4, -0.2) is 38.3 Å². The van der Waals surface area contributed by atoms with Gasteiger partial charge in [-0.1, -0.05) is 6.92 Å². The molecule has 1 fully saturated rings. The van der Waals surface area contributed by atoms with E-state index in [1.807, 2.05) is 0 Å². The van der Waals surface area contributed by atoms with Gasteiger partial charge in [0.25, 0.3) is 0 Å². The molecule has 1 aliphatic rings. The Labute approximate surface area is 73.9 Å². The molecule has 0 radical (unpaired) electrons. The third-order valence-corrected chi connectivity index (χ3v) is 2.17. The van der Waals surface area contributed by atoms with Crippen molar-refractivity contribution in [3.63, 3.8) is 0 Å². The lowest BCUT2D eigenvalue weighted by Gasteiger charge is -2.37. The predicted octanol–water partition coefficient (Wildman–Crippen LogP) is 0.868. The molecule has 0 aliphatic carbocycles. The summed E-state index contributed by atoms with van der Waals surface area (Å²) in [7, 11) is 2.06. The van der Waals surface area contributed by atoms with Crippen molar-refractivity contribution in [2.75, 3.05) is 33.4 Å². The van der Waals surface area contributed by atoms with E-state index in [4.69, 9.17) is 10.00 Å². The standard InChI is InChI=1S/C9H16N2O/c1-3-4-11(2)6-9(5-10)7-12-8-9/h3-4,6-8H2,1-2H3. The molecule has 1 rings (SSSR count). The molecule has 1 saturated heterocycles. The van der Waals surface area contributed by atoms with Crippen LogP contribution in [0.3, 0.4) is 0 Å². The molecule has 0 atom stereocenters. The van der Waals surface area contributed by atoms with Crippen molar-refractivity contribution in [3.8, 4) is 6.07 Å². The van der Waals surface area contributed by atoms with Crippen LogP contribution in [0.1, 0.15) is 13.3 Å². The van der Waals surface area contributed by atoms with Gasteiger partial charge in [0.15, 0.2) is 0 Å². The van der Waals surface area contributed by atoms with Crippen molar-refractivity contribution >= 4 is 0 Å². The Bertz CT molecular complexity index is 181. The van der Waals surface area contributed by atoms with Gasteiger partial charge in [0.1, 0.15) is 5.41 Å². The molecule has 1 aliphatic heterocycles. The van der Waals surface area contributed by atoms with Gasteiger partial charge in [-0.2, -0.15) is 5.26 Å². The van der Waals surface area contributed by atoms with E-state index < -0.39 is 0 Å². The number of ether oxygens (including phenoxy) is 1. The van der Waals surface area contributed by atoms with E-state index in [-0.39, 0.29) is 5.41 Å². The highest BCUT2D eigenvalue weighted by atomic mass is 16.5. The minimum atomic E-state index is -0.204. The number of nitrogens with zero attached hydrogens (tertiary/aromatic N) is 2. The molecule has 0 aromatic carbocycles. The van der Waals surface area contributed by atoms with Gasteiger partial charge in [-0.05, 0) is 20.0 Å². The van der Waals surface area contributed by atoms with E-state index >= 15 is 0 Å². The van der Waals surface area contributed by atoms with E-state index in [9.17, 15) is 0 Å². The van der Waals surface area contributed by atoms with Gasteiger partial charge in [-0.15, -0.1) is 0 Å². The molecule has 0 bridgehead atoms. The zero-order valence-corrected chi connectivity index (χ0v) is 7.84. The van der Waals surface area contributed by atoms with Crippen LogP contribution in [-0.2, 0) is 4.74 Å². The van der Waals surface area contributed by atoms with Gasteiger partial charge in [0.05, 0.1) is 19.3 Å². The summed E-state index contributed by atoms with van der Waals surface area (Å²) >= 11 is 0. The van der Waals surface area contributed by atoms with Gasteiger partial charge in [-0.3, -0.25) is 0 Å². The summed E-state index contributed by atoms with van der Waals surface area (Å²) in [6.07, 6.45) is 1.14. The maximum absolute atomic E-state index is 8.90. The van der Waals surface area contributed by atoms with Gasteiger partial charge in [0, 0.05) is 6.54 Å². The van der Waals surface area contributed by atoms with Gasteiger partial charge in [0.2, 0.25) is 0 Å². The van der Waals surface area contributed by atoms with Crippen LogP contribution in [0.4, 0.5) is 0 Å². The highest BCUT2D eigenvalue weighted by Gasteiger charge is 2.39. The fourth-order valence-corrected chi connectivity index (χ4v) is 1.52. The second-order valence-corrected chi connectivity index (χ2v) is 3.62. The van der Waals surface area contributed by atoms with E-state index in [0.29, 0.717) is 13.2 Å². The minimum absolute atomic E-state index is 0.204. The monoisotopic (exact) mass is 168 g/mol. The summed E-state index contributed by atoms with van der Waals surface area (Å²) in [6, 6.07) is 2.34. The Hall–Kier alpha value is -0.590. The van der Waals surface area contributed by atoms with Crippen molar-refractivity contribution in [1.29, 1.82) is 5.26 Å².